The molecule has 0 aliphatic rings. The molecule has 0 unspecified atom stereocenters. The maximum absolute atomic E-state index is 5.41. The smallest absolute Gasteiger partial charge is 0.144 e. The number of benzene rings is 8. The zero-order chi connectivity index (χ0) is 37.1. The van der Waals surface area contributed by atoms with E-state index in [1.807, 2.05) is 0 Å². The van der Waals surface area contributed by atoms with Gasteiger partial charge in [-0.3, -0.25) is 0 Å². The SMILES string of the molecule is COc1ccc([P+](c2ccccc2)(c2ccccc2)c2ccccc2)cc1.COc1ccc([P+](c2ccccc2)(c2ccccc2)c2ccccc2)cc1.[I-].[I-]. The first-order valence-corrected chi connectivity index (χ1v) is 21.7. The van der Waals surface area contributed by atoms with E-state index in [1.54, 1.807) is 14.2 Å². The molecule has 0 aromatic heterocycles. The van der Waals surface area contributed by atoms with E-state index in [9.17, 15) is 0 Å². The highest BCUT2D eigenvalue weighted by atomic mass is 127. The fourth-order valence-corrected chi connectivity index (χ4v) is 15.8. The molecule has 0 bridgehead atoms. The zero-order valence-electron chi connectivity index (χ0n) is 31.4. The van der Waals surface area contributed by atoms with E-state index in [4.69, 9.17) is 9.47 Å². The van der Waals surface area contributed by atoms with Gasteiger partial charge in [0.25, 0.3) is 0 Å². The van der Waals surface area contributed by atoms with Gasteiger partial charge in [-0.1, -0.05) is 109 Å². The maximum Gasteiger partial charge on any atom is 0.144 e. The van der Waals surface area contributed by atoms with Crippen molar-refractivity contribution in [2.24, 2.45) is 0 Å². The van der Waals surface area contributed by atoms with Gasteiger partial charge >= 0.3 is 0 Å². The van der Waals surface area contributed by atoms with Crippen molar-refractivity contribution in [3.63, 3.8) is 0 Å². The predicted octanol–water partition coefficient (Wildman–Crippen LogP) is 2.64. The Bertz CT molecular complexity index is 1950. The highest BCUT2D eigenvalue weighted by Gasteiger charge is 2.48. The molecular formula is C50H44I2O2P2. The maximum atomic E-state index is 5.41. The molecule has 8 aromatic carbocycles. The van der Waals surface area contributed by atoms with Gasteiger partial charge in [-0.15, -0.1) is 0 Å². The Balaban J connectivity index is 0.000000207. The molecule has 0 amide bonds. The molecule has 6 heteroatoms. The number of methoxy groups -OCH3 is 2. The molecule has 8 aromatic rings. The first-order chi connectivity index (χ1) is 26.7. The number of rotatable bonds is 10. The summed E-state index contributed by atoms with van der Waals surface area (Å²) in [5.74, 6) is 1.76. The van der Waals surface area contributed by atoms with Crippen LogP contribution in [0.4, 0.5) is 0 Å². The second-order valence-corrected chi connectivity index (χ2v) is 19.6. The van der Waals surface area contributed by atoms with Crippen LogP contribution in [0.1, 0.15) is 0 Å². The summed E-state index contributed by atoms with van der Waals surface area (Å²) in [4.78, 5) is 0. The average Bonchev–Trinajstić information content (AvgIpc) is 3.27. The molecule has 0 spiro atoms. The second kappa shape index (κ2) is 20.7. The second-order valence-electron chi connectivity index (χ2n) is 12.8. The van der Waals surface area contributed by atoms with Gasteiger partial charge in [0.05, 0.1) is 14.2 Å². The number of hydrogen-bond acceptors (Lipinski definition) is 2. The first-order valence-electron chi connectivity index (χ1n) is 18.1. The third kappa shape index (κ3) is 8.80. The predicted molar refractivity (Wildman–Crippen MR) is 236 cm³/mol. The van der Waals surface area contributed by atoms with Crippen LogP contribution in [-0.2, 0) is 0 Å². The van der Waals surface area contributed by atoms with Gasteiger partial charge in [0, 0.05) is 0 Å². The number of hydrogen-bond donors (Lipinski definition) is 0. The Hall–Kier alpha value is -4.32. The van der Waals surface area contributed by atoms with Crippen LogP contribution in [0.3, 0.4) is 0 Å². The van der Waals surface area contributed by atoms with Crippen LogP contribution in [-0.4, -0.2) is 14.2 Å². The lowest BCUT2D eigenvalue weighted by Gasteiger charge is -2.27. The van der Waals surface area contributed by atoms with Crippen molar-refractivity contribution in [1.82, 2.24) is 0 Å². The summed E-state index contributed by atoms with van der Waals surface area (Å²) in [6, 6.07) is 82.5. The molecule has 0 saturated carbocycles. The standard InChI is InChI=1S/2C25H22OP.2HI/c2*1-26-21-17-19-25(20-18-21)27(22-11-5-2-6-12-22,23-13-7-3-8-14-23)24-15-9-4-10-16-24;;/h2*2-20H,1H3;2*1H/q2*+1;;/p-2. The summed E-state index contributed by atoms with van der Waals surface area (Å²) in [7, 11) is -0.560. The first kappa shape index (κ1) is 42.8. The van der Waals surface area contributed by atoms with Crippen molar-refractivity contribution in [2.45, 2.75) is 0 Å². The van der Waals surface area contributed by atoms with Crippen LogP contribution >= 0.6 is 14.5 Å². The molecule has 0 N–H and O–H groups in total. The third-order valence-electron chi connectivity index (χ3n) is 9.78. The number of ether oxygens (including phenoxy) is 2. The molecular weight excluding hydrogens is 948 g/mol. The lowest BCUT2D eigenvalue weighted by molar-refractivity contribution is -0.001000. The van der Waals surface area contributed by atoms with Crippen LogP contribution in [0.25, 0.3) is 0 Å². The molecule has 56 heavy (non-hydrogen) atoms. The van der Waals surface area contributed by atoms with Gasteiger partial charge in [0.15, 0.2) is 0 Å². The minimum atomic E-state index is -1.99. The van der Waals surface area contributed by atoms with Crippen molar-refractivity contribution in [2.75, 3.05) is 14.2 Å². The Labute approximate surface area is 367 Å². The Morgan fingerprint density at radius 2 is 0.393 bits per heavy atom. The molecule has 0 aliphatic carbocycles. The van der Waals surface area contributed by atoms with Crippen LogP contribution in [0, 0.1) is 0 Å². The van der Waals surface area contributed by atoms with Crippen LogP contribution in [0.2, 0.25) is 0 Å². The minimum absolute atomic E-state index is 0. The topological polar surface area (TPSA) is 18.5 Å². The van der Waals surface area contributed by atoms with Crippen molar-refractivity contribution in [3.8, 4) is 11.5 Å². The van der Waals surface area contributed by atoms with Crippen molar-refractivity contribution < 1.29 is 57.4 Å². The zero-order valence-corrected chi connectivity index (χ0v) is 37.5. The van der Waals surface area contributed by atoms with E-state index in [2.05, 4.69) is 231 Å². The third-order valence-corrected chi connectivity index (χ3v) is 18.4. The van der Waals surface area contributed by atoms with Gasteiger partial charge in [0.2, 0.25) is 0 Å². The average molecular weight is 993 g/mol. The van der Waals surface area contributed by atoms with E-state index in [0.29, 0.717) is 0 Å². The van der Waals surface area contributed by atoms with Crippen LogP contribution in [0.5, 0.6) is 11.5 Å². The Morgan fingerprint density at radius 3 is 0.554 bits per heavy atom. The van der Waals surface area contributed by atoms with Crippen molar-refractivity contribution in [1.29, 1.82) is 0 Å². The summed E-state index contributed by atoms with van der Waals surface area (Å²) < 4.78 is 10.8. The Kier molecular flexibility index (Phi) is 15.8. The normalized spacial score (nSPS) is 10.8. The molecule has 2 nitrogen and oxygen atoms in total. The monoisotopic (exact) mass is 992 g/mol. The van der Waals surface area contributed by atoms with Crippen LogP contribution < -0.4 is 99.9 Å². The lowest BCUT2D eigenvalue weighted by Crippen LogP contribution is -3.00. The van der Waals surface area contributed by atoms with Gasteiger partial charge < -0.3 is 57.4 Å². The molecule has 8 rings (SSSR count). The summed E-state index contributed by atoms with van der Waals surface area (Å²) in [5.41, 5.74) is 0. The van der Waals surface area contributed by atoms with Crippen molar-refractivity contribution >= 4 is 57.0 Å². The molecule has 0 saturated heterocycles. The fourth-order valence-electron chi connectivity index (χ4n) is 7.31. The summed E-state index contributed by atoms with van der Waals surface area (Å²) in [6.07, 6.45) is 0. The van der Waals surface area contributed by atoms with E-state index in [1.165, 1.54) is 42.4 Å². The van der Waals surface area contributed by atoms with Gasteiger partial charge in [-0.25, -0.2) is 0 Å². The summed E-state index contributed by atoms with van der Waals surface area (Å²) in [6.45, 7) is 0. The highest BCUT2D eigenvalue weighted by Crippen LogP contribution is 2.55. The molecule has 0 heterocycles. The molecule has 280 valence electrons. The van der Waals surface area contributed by atoms with E-state index in [0.717, 1.165) is 11.5 Å². The molecule has 0 aliphatic heterocycles. The largest absolute Gasteiger partial charge is 1.00 e. The van der Waals surface area contributed by atoms with Crippen LogP contribution in [0.15, 0.2) is 231 Å². The van der Waals surface area contributed by atoms with Gasteiger partial charge in [0.1, 0.15) is 68.5 Å². The van der Waals surface area contributed by atoms with Gasteiger partial charge in [-0.05, 0) is 121 Å². The molecule has 0 atom stereocenters. The minimum Gasteiger partial charge on any atom is -1.00 e. The quantitative estimate of drug-likeness (QED) is 0.155. The lowest BCUT2D eigenvalue weighted by atomic mass is 10.3. The van der Waals surface area contributed by atoms with Crippen molar-refractivity contribution in [3.05, 3.63) is 231 Å². The summed E-state index contributed by atoms with van der Waals surface area (Å²) >= 11 is 0. The van der Waals surface area contributed by atoms with E-state index in [-0.39, 0.29) is 48.0 Å². The molecule has 0 radical (unpaired) electrons. The fraction of sp³-hybridized carbons (Fsp3) is 0.0400. The van der Waals surface area contributed by atoms with Gasteiger partial charge in [-0.2, -0.15) is 0 Å². The Morgan fingerprint density at radius 1 is 0.232 bits per heavy atom. The number of halogens is 2. The summed E-state index contributed by atoms with van der Waals surface area (Å²) in [5, 5.41) is 10.8. The molecule has 0 fully saturated rings. The van der Waals surface area contributed by atoms with E-state index < -0.39 is 14.5 Å². The van der Waals surface area contributed by atoms with E-state index >= 15 is 0 Å². The highest BCUT2D eigenvalue weighted by molar-refractivity contribution is 8.02.